The second-order valence-electron chi connectivity index (χ2n) is 6.95. The number of anilines is 1. The monoisotopic (exact) mass is 333 g/mol. The van der Waals surface area contributed by atoms with Gasteiger partial charge in [-0.25, -0.2) is 4.98 Å². The number of hydrogen-bond acceptors (Lipinski definition) is 5. The highest BCUT2D eigenvalue weighted by atomic mass is 16.5. The summed E-state index contributed by atoms with van der Waals surface area (Å²) in [5.41, 5.74) is 0. The van der Waals surface area contributed by atoms with E-state index in [-0.39, 0.29) is 18.1 Å². The minimum Gasteiger partial charge on any atom is -0.485 e. The van der Waals surface area contributed by atoms with Crippen LogP contribution in [0.2, 0.25) is 0 Å². The zero-order valence-electron chi connectivity index (χ0n) is 14.8. The van der Waals surface area contributed by atoms with Crippen molar-refractivity contribution in [2.24, 2.45) is 5.92 Å². The van der Waals surface area contributed by atoms with Crippen LogP contribution in [0.4, 0.5) is 5.82 Å². The van der Waals surface area contributed by atoms with Crippen LogP contribution in [0.1, 0.15) is 26.2 Å². The molecule has 1 saturated carbocycles. The number of carbonyl (C=O) groups is 1. The summed E-state index contributed by atoms with van der Waals surface area (Å²) in [4.78, 5) is 20.6. The lowest BCUT2D eigenvalue weighted by Gasteiger charge is -2.22. The highest BCUT2D eigenvalue weighted by Crippen LogP contribution is 2.30. The van der Waals surface area contributed by atoms with Crippen molar-refractivity contribution in [1.29, 1.82) is 0 Å². The maximum atomic E-state index is 12.5. The molecule has 2 fully saturated rings. The summed E-state index contributed by atoms with van der Waals surface area (Å²) in [7, 11) is 3.89. The minimum atomic E-state index is -0.361. The molecule has 1 aliphatic carbocycles. The highest BCUT2D eigenvalue weighted by molar-refractivity contribution is 5.80. The van der Waals surface area contributed by atoms with Gasteiger partial charge >= 0.3 is 0 Å². The third-order valence-electron chi connectivity index (χ3n) is 4.55. The molecular formula is C18H27N3O3. The van der Waals surface area contributed by atoms with Crippen molar-refractivity contribution in [3.8, 4) is 5.75 Å². The van der Waals surface area contributed by atoms with E-state index in [1.807, 2.05) is 43.0 Å². The highest BCUT2D eigenvalue weighted by Gasteiger charge is 2.32. The first kappa shape index (κ1) is 17.0. The molecule has 24 heavy (non-hydrogen) atoms. The van der Waals surface area contributed by atoms with Gasteiger partial charge in [-0.3, -0.25) is 4.79 Å². The third kappa shape index (κ3) is 4.17. The van der Waals surface area contributed by atoms with Crippen molar-refractivity contribution in [3.63, 3.8) is 0 Å². The van der Waals surface area contributed by atoms with Crippen LogP contribution in [0.15, 0.2) is 18.3 Å². The second-order valence-corrected chi connectivity index (χ2v) is 6.95. The van der Waals surface area contributed by atoms with E-state index < -0.39 is 0 Å². The molecule has 1 saturated heterocycles. The Morgan fingerprint density at radius 3 is 2.92 bits per heavy atom. The van der Waals surface area contributed by atoms with Gasteiger partial charge < -0.3 is 19.3 Å². The Labute approximate surface area is 143 Å². The Hall–Kier alpha value is -1.82. The average Bonchev–Trinajstić information content (AvgIpc) is 3.29. The van der Waals surface area contributed by atoms with Gasteiger partial charge in [-0.2, -0.15) is 0 Å². The number of aromatic nitrogens is 1. The van der Waals surface area contributed by atoms with Crippen LogP contribution in [0.5, 0.6) is 5.75 Å². The van der Waals surface area contributed by atoms with Crippen LogP contribution in [0, 0.1) is 5.92 Å². The number of nitrogens with zero attached hydrogens (tertiary/aromatic N) is 3. The molecule has 0 radical (unpaired) electrons. The van der Waals surface area contributed by atoms with Gasteiger partial charge in [0.15, 0.2) is 11.6 Å². The first-order valence-corrected chi connectivity index (χ1v) is 8.74. The van der Waals surface area contributed by atoms with Gasteiger partial charge in [0.25, 0.3) is 5.91 Å². The van der Waals surface area contributed by atoms with E-state index >= 15 is 0 Å². The largest absolute Gasteiger partial charge is 0.485 e. The molecule has 1 aromatic heterocycles. The molecule has 2 aliphatic rings. The summed E-state index contributed by atoms with van der Waals surface area (Å²) >= 11 is 0. The summed E-state index contributed by atoms with van der Waals surface area (Å²) < 4.78 is 11.8. The number of pyridine rings is 1. The normalized spacial score (nSPS) is 21.6. The van der Waals surface area contributed by atoms with Gasteiger partial charge in [0.1, 0.15) is 12.2 Å². The molecule has 0 bridgehead atoms. The van der Waals surface area contributed by atoms with E-state index in [2.05, 4.69) is 4.98 Å². The summed E-state index contributed by atoms with van der Waals surface area (Å²) in [5, 5.41) is 0. The zero-order valence-corrected chi connectivity index (χ0v) is 14.8. The molecular weight excluding hydrogens is 306 g/mol. The van der Waals surface area contributed by atoms with Gasteiger partial charge in [-0.15, -0.1) is 0 Å². The first-order valence-electron chi connectivity index (χ1n) is 8.74. The summed E-state index contributed by atoms with van der Waals surface area (Å²) in [6, 6.07) is 3.79. The minimum absolute atomic E-state index is 0.00693. The van der Waals surface area contributed by atoms with Crippen molar-refractivity contribution in [3.05, 3.63) is 18.3 Å². The van der Waals surface area contributed by atoms with Gasteiger partial charge in [0.2, 0.25) is 0 Å². The molecule has 1 aromatic rings. The Bertz CT molecular complexity index is 574. The lowest BCUT2D eigenvalue weighted by molar-refractivity contribution is -0.142. The Balaban J connectivity index is 1.52. The van der Waals surface area contributed by atoms with Gasteiger partial charge in [-0.1, -0.05) is 0 Å². The molecule has 2 atom stereocenters. The van der Waals surface area contributed by atoms with Crippen molar-refractivity contribution >= 4 is 11.7 Å². The van der Waals surface area contributed by atoms with E-state index in [1.165, 1.54) is 12.8 Å². The zero-order chi connectivity index (χ0) is 17.1. The van der Waals surface area contributed by atoms with Crippen LogP contribution in [0.3, 0.4) is 0 Å². The number of amides is 1. The number of ether oxygens (including phenoxy) is 2. The average molecular weight is 333 g/mol. The fourth-order valence-electron chi connectivity index (χ4n) is 2.91. The fourth-order valence-corrected chi connectivity index (χ4v) is 2.91. The lowest BCUT2D eigenvalue weighted by atomic mass is 10.3. The van der Waals surface area contributed by atoms with E-state index in [9.17, 15) is 4.79 Å². The molecule has 0 aromatic carbocycles. The van der Waals surface area contributed by atoms with Crippen molar-refractivity contribution in [2.75, 3.05) is 38.7 Å². The Kier molecular flexibility index (Phi) is 5.23. The Morgan fingerprint density at radius 2 is 2.21 bits per heavy atom. The third-order valence-corrected chi connectivity index (χ3v) is 4.55. The van der Waals surface area contributed by atoms with Crippen molar-refractivity contribution < 1.29 is 14.3 Å². The van der Waals surface area contributed by atoms with Crippen LogP contribution in [-0.2, 0) is 9.53 Å². The molecule has 132 valence electrons. The standard InChI is InChI=1S/C18H27N3O3/c1-13(23-12-14-6-7-14)18(22)21-10-8-15(11-21)24-16-5-4-9-19-17(16)20(2)3/h4-5,9,13-15H,6-8,10-12H2,1-3H3/t13-,15+/m0/s1. The number of hydrogen-bond donors (Lipinski definition) is 0. The summed E-state index contributed by atoms with van der Waals surface area (Å²) in [6.07, 6.45) is 4.71. The second kappa shape index (κ2) is 7.38. The predicted octanol–water partition coefficient (Wildman–Crippen LogP) is 1.94. The molecule has 0 N–H and O–H groups in total. The molecule has 6 nitrogen and oxygen atoms in total. The van der Waals surface area contributed by atoms with Crippen molar-refractivity contribution in [1.82, 2.24) is 9.88 Å². The maximum Gasteiger partial charge on any atom is 0.251 e. The molecule has 6 heteroatoms. The summed E-state index contributed by atoms with van der Waals surface area (Å²) in [5.74, 6) is 2.31. The molecule has 0 unspecified atom stereocenters. The van der Waals surface area contributed by atoms with E-state index in [1.54, 1.807) is 6.20 Å². The van der Waals surface area contributed by atoms with Crippen LogP contribution >= 0.6 is 0 Å². The van der Waals surface area contributed by atoms with Crippen LogP contribution < -0.4 is 9.64 Å². The molecule has 1 aliphatic heterocycles. The first-order chi connectivity index (χ1) is 11.5. The molecule has 0 spiro atoms. The van der Waals surface area contributed by atoms with Gasteiger partial charge in [0.05, 0.1) is 13.2 Å². The smallest absolute Gasteiger partial charge is 0.251 e. The maximum absolute atomic E-state index is 12.5. The topological polar surface area (TPSA) is 54.9 Å². The molecule has 1 amide bonds. The molecule has 2 heterocycles. The van der Waals surface area contributed by atoms with Crippen molar-refractivity contribution in [2.45, 2.75) is 38.4 Å². The fraction of sp³-hybridized carbons (Fsp3) is 0.667. The van der Waals surface area contributed by atoms with E-state index in [0.29, 0.717) is 19.1 Å². The Morgan fingerprint density at radius 1 is 1.42 bits per heavy atom. The SMILES string of the molecule is C[C@H](OCC1CC1)C(=O)N1CC[C@@H](Oc2cccnc2N(C)C)C1. The van der Waals surface area contributed by atoms with E-state index in [0.717, 1.165) is 24.5 Å². The van der Waals surface area contributed by atoms with Gasteiger partial charge in [-0.05, 0) is 37.8 Å². The predicted molar refractivity (Wildman–Crippen MR) is 92.3 cm³/mol. The molecule has 3 rings (SSSR count). The van der Waals surface area contributed by atoms with Crippen LogP contribution in [0.25, 0.3) is 0 Å². The van der Waals surface area contributed by atoms with Crippen LogP contribution in [-0.4, -0.2) is 61.8 Å². The number of likely N-dealkylation sites (tertiary alicyclic amines) is 1. The number of carbonyl (C=O) groups excluding carboxylic acids is 1. The quantitative estimate of drug-likeness (QED) is 0.763. The number of rotatable bonds is 7. The van der Waals surface area contributed by atoms with Gasteiger partial charge in [0, 0.05) is 33.3 Å². The van der Waals surface area contributed by atoms with E-state index in [4.69, 9.17) is 9.47 Å². The lowest BCUT2D eigenvalue weighted by Crippen LogP contribution is -2.38. The summed E-state index contributed by atoms with van der Waals surface area (Å²) in [6.45, 7) is 3.89.